The van der Waals surface area contributed by atoms with Crippen molar-refractivity contribution in [3.8, 4) is 0 Å². The molecule has 8 nitrogen and oxygen atoms in total. The van der Waals surface area contributed by atoms with Gasteiger partial charge in [-0.2, -0.15) is 0 Å². The number of hydrogen-bond acceptors (Lipinski definition) is 7. The summed E-state index contributed by atoms with van der Waals surface area (Å²) in [5, 5.41) is 20.4. The van der Waals surface area contributed by atoms with Gasteiger partial charge in [0.15, 0.2) is 5.16 Å². The third-order valence-corrected chi connectivity index (χ3v) is 5.79. The number of aromatic nitrogens is 3. The number of nitro groups is 1. The maximum atomic E-state index is 11.8. The number of carbonyl (C=O) groups is 1. The Balaban J connectivity index is 1.79. The summed E-state index contributed by atoms with van der Waals surface area (Å²) in [6, 6.07) is 13.9. The molecule has 2 aromatic carbocycles. The van der Waals surface area contributed by atoms with E-state index in [0.717, 1.165) is 41.4 Å². The highest BCUT2D eigenvalue weighted by molar-refractivity contribution is 7.98. The van der Waals surface area contributed by atoms with Gasteiger partial charge in [0.05, 0.1) is 24.1 Å². The third kappa shape index (κ3) is 5.91. The molecule has 162 valence electrons. The zero-order valence-corrected chi connectivity index (χ0v) is 18.3. The Hall–Kier alpha value is -3.20. The number of non-ortho nitro benzene ring substituents is 1. The highest BCUT2D eigenvalue weighted by Crippen LogP contribution is 2.25. The number of hydrogen-bond donors (Lipinski definition) is 0. The lowest BCUT2D eigenvalue weighted by Gasteiger charge is -2.10. The van der Waals surface area contributed by atoms with E-state index in [2.05, 4.69) is 21.7 Å². The molecule has 31 heavy (non-hydrogen) atoms. The molecule has 1 heterocycles. The predicted molar refractivity (Wildman–Crippen MR) is 118 cm³/mol. The highest BCUT2D eigenvalue weighted by Gasteiger charge is 2.14. The van der Waals surface area contributed by atoms with Crippen LogP contribution >= 0.6 is 11.8 Å². The second-order valence-electron chi connectivity index (χ2n) is 6.99. The first-order chi connectivity index (χ1) is 15.0. The van der Waals surface area contributed by atoms with Crippen molar-refractivity contribution < 1.29 is 14.5 Å². The summed E-state index contributed by atoms with van der Waals surface area (Å²) in [6.45, 7) is 2.66. The molecule has 0 amide bonds. The number of carbonyl (C=O) groups excluding carboxylic acids is 1. The van der Waals surface area contributed by atoms with Crippen LogP contribution in [-0.2, 0) is 23.5 Å². The summed E-state index contributed by atoms with van der Waals surface area (Å²) in [7, 11) is 1.36. The van der Waals surface area contributed by atoms with Crippen LogP contribution in [0.4, 0.5) is 5.69 Å². The Kier molecular flexibility index (Phi) is 7.77. The van der Waals surface area contributed by atoms with E-state index < -0.39 is 4.92 Å². The van der Waals surface area contributed by atoms with Gasteiger partial charge in [0, 0.05) is 24.3 Å². The number of nitrogens with zero attached hydrogens (tertiary/aromatic N) is 4. The predicted octanol–water partition coefficient (Wildman–Crippen LogP) is 4.66. The molecule has 0 saturated carbocycles. The number of aryl methyl sites for hydroxylation is 1. The molecule has 0 spiro atoms. The number of ether oxygens (including phenoxy) is 1. The van der Waals surface area contributed by atoms with E-state index in [9.17, 15) is 14.9 Å². The molecule has 0 aliphatic rings. The van der Waals surface area contributed by atoms with Crippen LogP contribution in [0.3, 0.4) is 0 Å². The molecule has 0 radical (unpaired) electrons. The van der Waals surface area contributed by atoms with E-state index in [0.29, 0.717) is 17.9 Å². The normalized spacial score (nSPS) is 10.8. The fourth-order valence-corrected chi connectivity index (χ4v) is 3.96. The number of rotatable bonds is 10. The van der Waals surface area contributed by atoms with Crippen molar-refractivity contribution in [2.45, 2.75) is 43.6 Å². The van der Waals surface area contributed by atoms with E-state index in [1.807, 2.05) is 18.2 Å². The van der Waals surface area contributed by atoms with Crippen molar-refractivity contribution in [3.63, 3.8) is 0 Å². The second kappa shape index (κ2) is 10.7. The molecule has 0 fully saturated rings. The average Bonchev–Trinajstić information content (AvgIpc) is 3.17. The van der Waals surface area contributed by atoms with Gasteiger partial charge in [0.1, 0.15) is 5.82 Å². The molecule has 0 aliphatic carbocycles. The van der Waals surface area contributed by atoms with Crippen LogP contribution in [-0.4, -0.2) is 32.8 Å². The number of esters is 1. The van der Waals surface area contributed by atoms with Gasteiger partial charge in [-0.25, -0.2) is 4.79 Å². The first-order valence-electron chi connectivity index (χ1n) is 9.97. The van der Waals surface area contributed by atoms with Gasteiger partial charge < -0.3 is 9.30 Å². The Labute approximate surface area is 184 Å². The largest absolute Gasteiger partial charge is 0.465 e. The fourth-order valence-electron chi connectivity index (χ4n) is 3.06. The average molecular weight is 441 g/mol. The minimum atomic E-state index is -0.404. The minimum absolute atomic E-state index is 0.0683. The summed E-state index contributed by atoms with van der Waals surface area (Å²) in [4.78, 5) is 22.3. The molecular formula is C22H24N4O4S. The fraction of sp³-hybridized carbons (Fsp3) is 0.318. The summed E-state index contributed by atoms with van der Waals surface area (Å²) in [6.07, 6.45) is 2.87. The summed E-state index contributed by atoms with van der Waals surface area (Å²) >= 11 is 1.54. The lowest BCUT2D eigenvalue weighted by atomic mass is 10.1. The minimum Gasteiger partial charge on any atom is -0.465 e. The van der Waals surface area contributed by atoms with Crippen LogP contribution in [0.25, 0.3) is 0 Å². The van der Waals surface area contributed by atoms with Crippen molar-refractivity contribution in [1.82, 2.24) is 14.8 Å². The number of methoxy groups -OCH3 is 1. The zero-order chi connectivity index (χ0) is 22.2. The Morgan fingerprint density at radius 2 is 1.94 bits per heavy atom. The van der Waals surface area contributed by atoms with Gasteiger partial charge in [-0.15, -0.1) is 10.2 Å². The van der Waals surface area contributed by atoms with Crippen molar-refractivity contribution in [2.75, 3.05) is 7.11 Å². The van der Waals surface area contributed by atoms with Crippen LogP contribution < -0.4 is 0 Å². The van der Waals surface area contributed by atoms with Crippen LogP contribution in [0.1, 0.15) is 47.1 Å². The van der Waals surface area contributed by atoms with Crippen molar-refractivity contribution in [2.24, 2.45) is 0 Å². The van der Waals surface area contributed by atoms with Gasteiger partial charge in [-0.1, -0.05) is 49.4 Å². The molecule has 3 aromatic rings. The summed E-state index contributed by atoms with van der Waals surface area (Å²) in [5.74, 6) is 1.15. The third-order valence-electron chi connectivity index (χ3n) is 4.75. The number of benzene rings is 2. The quantitative estimate of drug-likeness (QED) is 0.196. The van der Waals surface area contributed by atoms with E-state index in [-0.39, 0.29) is 11.7 Å². The van der Waals surface area contributed by atoms with Gasteiger partial charge >= 0.3 is 5.97 Å². The molecule has 0 N–H and O–H groups in total. The topological polar surface area (TPSA) is 100 Å². The van der Waals surface area contributed by atoms with Crippen LogP contribution in [0, 0.1) is 10.1 Å². The van der Waals surface area contributed by atoms with Crippen LogP contribution in [0.5, 0.6) is 0 Å². The standard InChI is InChI=1S/C22H24N4O4S/c1-3-4-8-20-23-24-22(25(20)14-16-9-11-19(12-10-16)26(28)29)31-15-17-6-5-7-18(13-17)21(27)30-2/h5-7,9-13H,3-4,8,14-15H2,1-2H3. The van der Waals surface area contributed by atoms with Crippen molar-refractivity contribution in [1.29, 1.82) is 0 Å². The lowest BCUT2D eigenvalue weighted by molar-refractivity contribution is -0.384. The molecule has 0 aliphatic heterocycles. The molecule has 3 rings (SSSR count). The maximum Gasteiger partial charge on any atom is 0.337 e. The first kappa shape index (κ1) is 22.5. The second-order valence-corrected chi connectivity index (χ2v) is 7.94. The van der Waals surface area contributed by atoms with E-state index in [4.69, 9.17) is 4.74 Å². The van der Waals surface area contributed by atoms with E-state index >= 15 is 0 Å². The smallest absolute Gasteiger partial charge is 0.337 e. The number of unbranched alkanes of at least 4 members (excludes halogenated alkanes) is 1. The van der Waals surface area contributed by atoms with Gasteiger partial charge in [-0.3, -0.25) is 10.1 Å². The van der Waals surface area contributed by atoms with Crippen LogP contribution in [0.15, 0.2) is 53.7 Å². The molecule has 1 aromatic heterocycles. The van der Waals surface area contributed by atoms with Crippen LogP contribution in [0.2, 0.25) is 0 Å². The van der Waals surface area contributed by atoms with Crippen molar-refractivity contribution >= 4 is 23.4 Å². The SMILES string of the molecule is CCCCc1nnc(SCc2cccc(C(=O)OC)c2)n1Cc1ccc([N+](=O)[O-])cc1. The Morgan fingerprint density at radius 1 is 1.16 bits per heavy atom. The number of nitro benzene ring substituents is 1. The monoisotopic (exact) mass is 440 g/mol. The highest BCUT2D eigenvalue weighted by atomic mass is 32.2. The molecular weight excluding hydrogens is 416 g/mol. The number of thioether (sulfide) groups is 1. The maximum absolute atomic E-state index is 11.8. The molecule has 9 heteroatoms. The molecule has 0 atom stereocenters. The van der Waals surface area contributed by atoms with Gasteiger partial charge in [-0.05, 0) is 29.7 Å². The van der Waals surface area contributed by atoms with Gasteiger partial charge in [0.2, 0.25) is 0 Å². The zero-order valence-electron chi connectivity index (χ0n) is 17.5. The Bertz CT molecular complexity index is 1050. The molecule has 0 saturated heterocycles. The van der Waals surface area contributed by atoms with Gasteiger partial charge in [0.25, 0.3) is 5.69 Å². The van der Waals surface area contributed by atoms with E-state index in [1.165, 1.54) is 31.0 Å². The molecule has 0 bridgehead atoms. The van der Waals surface area contributed by atoms with Crippen molar-refractivity contribution in [3.05, 3.63) is 81.2 Å². The lowest BCUT2D eigenvalue weighted by Crippen LogP contribution is -2.07. The summed E-state index contributed by atoms with van der Waals surface area (Å²) in [5.41, 5.74) is 2.50. The first-order valence-corrected chi connectivity index (χ1v) is 11.0. The summed E-state index contributed by atoms with van der Waals surface area (Å²) < 4.78 is 6.85. The Morgan fingerprint density at radius 3 is 2.61 bits per heavy atom. The molecule has 0 unspecified atom stereocenters. The van der Waals surface area contributed by atoms with E-state index in [1.54, 1.807) is 18.2 Å².